The van der Waals surface area contributed by atoms with E-state index < -0.39 is 37.9 Å². The molecule has 174 valence electrons. The van der Waals surface area contributed by atoms with Crippen molar-refractivity contribution in [3.63, 3.8) is 0 Å². The topological polar surface area (TPSA) is 99.6 Å². The number of rotatable bonds is 6. The van der Waals surface area contributed by atoms with Crippen molar-refractivity contribution in [2.24, 2.45) is 0 Å². The van der Waals surface area contributed by atoms with Crippen molar-refractivity contribution in [1.29, 1.82) is 0 Å². The molecule has 8 nitrogen and oxygen atoms in total. The molecule has 1 aliphatic heterocycles. The number of aromatic amines is 1. The van der Waals surface area contributed by atoms with Crippen LogP contribution in [0.2, 0.25) is 18.1 Å². The average molecular weight is 461 g/mol. The molecule has 0 bridgehead atoms. The number of ether oxygens (including phenoxy) is 2. The number of H-pyrrole nitrogens is 1. The highest BCUT2D eigenvalue weighted by Crippen LogP contribution is 2.41. The van der Waals surface area contributed by atoms with Gasteiger partial charge in [0.05, 0.1) is 11.7 Å². The van der Waals surface area contributed by atoms with Crippen LogP contribution in [-0.2, 0) is 13.9 Å². The molecule has 0 spiro atoms. The van der Waals surface area contributed by atoms with Gasteiger partial charge in [0.1, 0.15) is 18.9 Å². The second-order valence-corrected chi connectivity index (χ2v) is 14.5. The lowest BCUT2D eigenvalue weighted by atomic mass is 10.2. The van der Waals surface area contributed by atoms with Crippen molar-refractivity contribution in [3.8, 4) is 0 Å². The lowest BCUT2D eigenvalue weighted by Gasteiger charge is -2.39. The summed E-state index contributed by atoms with van der Waals surface area (Å²) in [6.45, 7) is 12.4. The molecule has 0 radical (unpaired) electrons. The third-order valence-electron chi connectivity index (χ3n) is 6.28. The minimum absolute atomic E-state index is 0.000598. The predicted molar refractivity (Wildman–Crippen MR) is 123 cm³/mol. The van der Waals surface area contributed by atoms with Gasteiger partial charge in [0.2, 0.25) is 0 Å². The van der Waals surface area contributed by atoms with Crippen molar-refractivity contribution < 1.29 is 18.7 Å². The Hall–Kier alpha value is -2.49. The van der Waals surface area contributed by atoms with Crippen LogP contribution in [0.4, 0.5) is 0 Å². The number of aryl methyl sites for hydroxylation is 1. The van der Waals surface area contributed by atoms with Gasteiger partial charge in [-0.05, 0) is 37.2 Å². The zero-order valence-electron chi connectivity index (χ0n) is 19.5. The summed E-state index contributed by atoms with van der Waals surface area (Å²) in [7, 11) is -2.16. The molecular weight excluding hydrogens is 428 g/mol. The molecule has 0 unspecified atom stereocenters. The summed E-state index contributed by atoms with van der Waals surface area (Å²) in [5.41, 5.74) is -0.101. The maximum atomic E-state index is 12.4. The van der Waals surface area contributed by atoms with Gasteiger partial charge in [0.15, 0.2) is 8.32 Å². The first-order valence-corrected chi connectivity index (χ1v) is 13.7. The van der Waals surface area contributed by atoms with E-state index in [2.05, 4.69) is 38.8 Å². The summed E-state index contributed by atoms with van der Waals surface area (Å²) < 4.78 is 19.6. The Labute approximate surface area is 188 Å². The number of benzene rings is 1. The van der Waals surface area contributed by atoms with E-state index in [-0.39, 0.29) is 17.7 Å². The fourth-order valence-corrected chi connectivity index (χ4v) is 4.67. The monoisotopic (exact) mass is 460 g/mol. The normalized spacial score (nSPS) is 21.5. The lowest BCUT2D eigenvalue weighted by molar-refractivity contribution is -0.0513. The summed E-state index contributed by atoms with van der Waals surface area (Å²) in [5, 5.41) is -0.0260. The molecule has 0 aliphatic carbocycles. The van der Waals surface area contributed by atoms with Crippen LogP contribution in [0, 0.1) is 6.92 Å². The van der Waals surface area contributed by atoms with E-state index in [9.17, 15) is 14.4 Å². The number of nitrogens with zero attached hydrogens (tertiary/aromatic N) is 1. The van der Waals surface area contributed by atoms with Crippen LogP contribution in [0.15, 0.2) is 46.1 Å². The first-order valence-electron chi connectivity index (χ1n) is 10.8. The minimum Gasteiger partial charge on any atom is -0.459 e. The van der Waals surface area contributed by atoms with Gasteiger partial charge in [-0.2, -0.15) is 0 Å². The number of aromatic nitrogens is 2. The second-order valence-electron chi connectivity index (χ2n) is 9.72. The molecule has 1 fully saturated rings. The molecule has 3 atom stereocenters. The highest BCUT2D eigenvalue weighted by molar-refractivity contribution is 6.74. The Bertz CT molecular complexity index is 1070. The van der Waals surface area contributed by atoms with Gasteiger partial charge in [-0.15, -0.1) is 0 Å². The van der Waals surface area contributed by atoms with Gasteiger partial charge in [-0.25, -0.2) is 9.59 Å². The average Bonchev–Trinajstić information content (AvgIpc) is 3.10. The first kappa shape index (κ1) is 24.2. The van der Waals surface area contributed by atoms with Gasteiger partial charge in [0.25, 0.3) is 5.56 Å². The van der Waals surface area contributed by atoms with Crippen LogP contribution in [-0.4, -0.2) is 42.7 Å². The van der Waals surface area contributed by atoms with Crippen LogP contribution in [0.1, 0.15) is 49.3 Å². The number of hydrogen-bond donors (Lipinski definition) is 1. The fraction of sp³-hybridized carbons (Fsp3) is 0.522. The molecule has 1 aromatic heterocycles. The summed E-state index contributed by atoms with van der Waals surface area (Å²) in [6.07, 6.45) is 0.372. The predicted octanol–water partition coefficient (Wildman–Crippen LogP) is 3.38. The smallest absolute Gasteiger partial charge is 0.338 e. The Balaban J connectivity index is 1.82. The molecule has 1 aromatic carbocycles. The molecule has 1 N–H and O–H groups in total. The SMILES string of the molecule is Cc1cn([C@H]2C[C@H](O[Si](C)(C)C(C)(C)C)[C@@H](COC(=O)c3ccccc3)O2)c(=O)[nH]c1=O. The molecule has 3 rings (SSSR count). The molecular formula is C23H32N2O6Si. The second kappa shape index (κ2) is 9.17. The standard InChI is InChI=1S/C23H32N2O6Si/c1-15-13-25(22(28)24-20(15)26)19-12-17(31-32(5,6)23(2,3)4)18(30-19)14-29-21(27)16-10-8-7-9-11-16/h7-11,13,17-19H,12,14H2,1-6H3,(H,24,26,28)/t17-,18+,19+/m0/s1. The van der Waals surface area contributed by atoms with Gasteiger partial charge in [0, 0.05) is 18.2 Å². The fourth-order valence-electron chi connectivity index (χ4n) is 3.32. The Morgan fingerprint density at radius 2 is 1.88 bits per heavy atom. The zero-order valence-corrected chi connectivity index (χ0v) is 20.5. The molecule has 1 saturated heterocycles. The molecule has 0 saturated carbocycles. The van der Waals surface area contributed by atoms with Gasteiger partial charge >= 0.3 is 11.7 Å². The van der Waals surface area contributed by atoms with E-state index >= 15 is 0 Å². The van der Waals surface area contributed by atoms with E-state index in [4.69, 9.17) is 13.9 Å². The van der Waals surface area contributed by atoms with Crippen molar-refractivity contribution in [2.45, 2.75) is 70.7 Å². The molecule has 2 aromatic rings. The Morgan fingerprint density at radius 3 is 2.50 bits per heavy atom. The van der Waals surface area contributed by atoms with Gasteiger partial charge in [-0.1, -0.05) is 39.0 Å². The minimum atomic E-state index is -2.16. The van der Waals surface area contributed by atoms with E-state index in [1.165, 1.54) is 10.8 Å². The quantitative estimate of drug-likeness (QED) is 0.524. The summed E-state index contributed by atoms with van der Waals surface area (Å²) in [4.78, 5) is 38.9. The molecule has 32 heavy (non-hydrogen) atoms. The first-order chi connectivity index (χ1) is 14.9. The highest BCUT2D eigenvalue weighted by atomic mass is 28.4. The summed E-state index contributed by atoms with van der Waals surface area (Å²) >= 11 is 0. The highest BCUT2D eigenvalue weighted by Gasteiger charge is 2.45. The number of carbonyl (C=O) groups is 1. The third kappa shape index (κ3) is 5.28. The van der Waals surface area contributed by atoms with Gasteiger partial charge in [-0.3, -0.25) is 14.3 Å². The molecule has 2 heterocycles. The van der Waals surface area contributed by atoms with Crippen molar-refractivity contribution in [1.82, 2.24) is 9.55 Å². The van der Waals surface area contributed by atoms with Crippen LogP contribution in [0.5, 0.6) is 0 Å². The summed E-state index contributed by atoms with van der Waals surface area (Å²) in [5.74, 6) is -0.444. The lowest BCUT2D eigenvalue weighted by Crippen LogP contribution is -2.46. The van der Waals surface area contributed by atoms with Crippen LogP contribution < -0.4 is 11.2 Å². The van der Waals surface area contributed by atoms with Crippen LogP contribution in [0.25, 0.3) is 0 Å². The number of hydrogen-bond acceptors (Lipinski definition) is 6. The van der Waals surface area contributed by atoms with Gasteiger partial charge < -0.3 is 13.9 Å². The molecule has 1 aliphatic rings. The Morgan fingerprint density at radius 1 is 1.22 bits per heavy atom. The maximum Gasteiger partial charge on any atom is 0.338 e. The van der Waals surface area contributed by atoms with E-state index in [0.717, 1.165) is 0 Å². The molecule has 9 heteroatoms. The zero-order chi connectivity index (χ0) is 23.7. The number of esters is 1. The van der Waals surface area contributed by atoms with E-state index in [0.29, 0.717) is 17.5 Å². The Kier molecular flexibility index (Phi) is 6.92. The van der Waals surface area contributed by atoms with Crippen molar-refractivity contribution in [2.75, 3.05) is 6.61 Å². The van der Waals surface area contributed by atoms with Crippen molar-refractivity contribution in [3.05, 3.63) is 68.5 Å². The van der Waals surface area contributed by atoms with Crippen LogP contribution in [0.3, 0.4) is 0 Å². The van der Waals surface area contributed by atoms with Crippen molar-refractivity contribution >= 4 is 14.3 Å². The number of nitrogens with one attached hydrogen (secondary N) is 1. The number of carbonyl (C=O) groups excluding carboxylic acids is 1. The largest absolute Gasteiger partial charge is 0.459 e. The van der Waals surface area contributed by atoms with E-state index in [1.807, 2.05) is 6.07 Å². The third-order valence-corrected chi connectivity index (χ3v) is 10.8. The maximum absolute atomic E-state index is 12.4. The summed E-state index contributed by atoms with van der Waals surface area (Å²) in [6, 6.07) is 8.74. The van der Waals surface area contributed by atoms with Crippen LogP contribution >= 0.6 is 0 Å². The molecule has 0 amide bonds. The van der Waals surface area contributed by atoms with E-state index in [1.54, 1.807) is 31.2 Å².